The molecule has 2 rings (SSSR count). The first-order chi connectivity index (χ1) is 7.18. The molecule has 1 atom stereocenters. The molecule has 0 spiro atoms. The summed E-state index contributed by atoms with van der Waals surface area (Å²) in [5.74, 6) is 1.53. The number of hydrogen-bond acceptors (Lipinski definition) is 1. The average Bonchev–Trinajstić information content (AvgIpc) is 2.62. The highest BCUT2D eigenvalue weighted by Crippen LogP contribution is 2.28. The molecular weight excluding hydrogens is 200 g/mol. The Hall–Kier alpha value is -0.820. The number of benzene rings is 1. The van der Waals surface area contributed by atoms with E-state index in [9.17, 15) is 0 Å². The highest BCUT2D eigenvalue weighted by Gasteiger charge is 2.11. The van der Waals surface area contributed by atoms with Gasteiger partial charge in [0.1, 0.15) is 0 Å². The molecule has 0 bridgehead atoms. The van der Waals surface area contributed by atoms with Crippen LogP contribution in [0.2, 0.25) is 0 Å². The summed E-state index contributed by atoms with van der Waals surface area (Å²) in [7, 11) is 0. The van der Waals surface area contributed by atoms with Crippen molar-refractivity contribution < 1.29 is 0 Å². The molecule has 80 valence electrons. The molecule has 1 aromatic heterocycles. The molecule has 0 radical (unpaired) electrons. The first-order valence-electron chi connectivity index (χ1n) is 5.63. The Labute approximate surface area is 95.9 Å². The van der Waals surface area contributed by atoms with Crippen LogP contribution in [-0.2, 0) is 6.42 Å². The molecule has 0 aliphatic heterocycles. The van der Waals surface area contributed by atoms with Gasteiger partial charge >= 0.3 is 0 Å². The minimum atomic E-state index is 0.767. The van der Waals surface area contributed by atoms with E-state index in [-0.39, 0.29) is 0 Å². The topological polar surface area (TPSA) is 0 Å². The molecular formula is C14H18S. The molecule has 2 aromatic rings. The fourth-order valence-electron chi connectivity index (χ4n) is 1.77. The summed E-state index contributed by atoms with van der Waals surface area (Å²) in [6, 6.07) is 8.71. The smallest absolute Gasteiger partial charge is 0.0345 e. The molecule has 0 N–H and O–H groups in total. The third kappa shape index (κ3) is 2.23. The maximum Gasteiger partial charge on any atom is 0.0345 e. The molecule has 0 saturated heterocycles. The van der Waals surface area contributed by atoms with Crippen LogP contribution in [0.4, 0.5) is 0 Å². The summed E-state index contributed by atoms with van der Waals surface area (Å²) >= 11 is 1.87. The van der Waals surface area contributed by atoms with Crippen molar-refractivity contribution in [2.75, 3.05) is 0 Å². The third-order valence-electron chi connectivity index (χ3n) is 3.24. The fourth-order valence-corrected chi connectivity index (χ4v) is 2.75. The van der Waals surface area contributed by atoms with Gasteiger partial charge in [0, 0.05) is 4.70 Å². The van der Waals surface area contributed by atoms with Crippen molar-refractivity contribution in [3.8, 4) is 0 Å². The Morgan fingerprint density at radius 2 is 1.87 bits per heavy atom. The van der Waals surface area contributed by atoms with Gasteiger partial charge in [-0.25, -0.2) is 0 Å². The van der Waals surface area contributed by atoms with Crippen molar-refractivity contribution in [3.05, 3.63) is 35.2 Å². The molecule has 1 aromatic carbocycles. The lowest BCUT2D eigenvalue weighted by Gasteiger charge is -2.14. The molecule has 1 heteroatoms. The number of hydrogen-bond donors (Lipinski definition) is 0. The molecule has 1 heterocycles. The zero-order valence-corrected chi connectivity index (χ0v) is 10.5. The van der Waals surface area contributed by atoms with Crippen molar-refractivity contribution in [2.45, 2.75) is 27.2 Å². The van der Waals surface area contributed by atoms with Gasteiger partial charge in [-0.2, -0.15) is 0 Å². The van der Waals surface area contributed by atoms with Gasteiger partial charge in [0.05, 0.1) is 0 Å². The SMILES string of the molecule is CC(C)C(C)Cc1csc2ccccc12. The lowest BCUT2D eigenvalue weighted by atomic mass is 9.91. The number of rotatable bonds is 3. The zero-order chi connectivity index (χ0) is 10.8. The maximum atomic E-state index is 2.34. The minimum absolute atomic E-state index is 0.767. The van der Waals surface area contributed by atoms with Crippen LogP contribution in [-0.4, -0.2) is 0 Å². The van der Waals surface area contributed by atoms with Gasteiger partial charge in [-0.1, -0.05) is 39.0 Å². The summed E-state index contributed by atoms with van der Waals surface area (Å²) in [5, 5.41) is 3.78. The van der Waals surface area contributed by atoms with Crippen LogP contribution < -0.4 is 0 Å². The van der Waals surface area contributed by atoms with Gasteiger partial charge in [-0.05, 0) is 40.7 Å². The first-order valence-corrected chi connectivity index (χ1v) is 6.51. The van der Waals surface area contributed by atoms with E-state index in [2.05, 4.69) is 50.4 Å². The van der Waals surface area contributed by atoms with Gasteiger partial charge in [0.2, 0.25) is 0 Å². The van der Waals surface area contributed by atoms with Gasteiger partial charge < -0.3 is 0 Å². The predicted octanol–water partition coefficient (Wildman–Crippen LogP) is 4.74. The quantitative estimate of drug-likeness (QED) is 0.698. The molecule has 15 heavy (non-hydrogen) atoms. The van der Waals surface area contributed by atoms with Gasteiger partial charge in [0.25, 0.3) is 0 Å². The molecule has 0 aliphatic rings. The van der Waals surface area contributed by atoms with E-state index in [1.54, 1.807) is 0 Å². The van der Waals surface area contributed by atoms with E-state index in [0.717, 1.165) is 11.8 Å². The Kier molecular flexibility index (Phi) is 3.11. The second kappa shape index (κ2) is 4.36. The van der Waals surface area contributed by atoms with Crippen LogP contribution in [0.3, 0.4) is 0 Å². The fraction of sp³-hybridized carbons (Fsp3) is 0.429. The monoisotopic (exact) mass is 218 g/mol. The van der Waals surface area contributed by atoms with Crippen molar-refractivity contribution in [1.29, 1.82) is 0 Å². The second-order valence-corrected chi connectivity index (χ2v) is 5.59. The number of fused-ring (bicyclic) bond motifs is 1. The standard InChI is InChI=1S/C14H18S/c1-10(2)11(3)8-12-9-15-14-7-5-4-6-13(12)14/h4-7,9-11H,8H2,1-3H3. The highest BCUT2D eigenvalue weighted by molar-refractivity contribution is 7.17. The van der Waals surface area contributed by atoms with Crippen LogP contribution in [0.1, 0.15) is 26.3 Å². The van der Waals surface area contributed by atoms with Crippen LogP contribution in [0.15, 0.2) is 29.6 Å². The van der Waals surface area contributed by atoms with Crippen molar-refractivity contribution in [1.82, 2.24) is 0 Å². The molecule has 1 unspecified atom stereocenters. The maximum absolute atomic E-state index is 2.34. The summed E-state index contributed by atoms with van der Waals surface area (Å²) < 4.78 is 1.42. The van der Waals surface area contributed by atoms with Crippen LogP contribution in [0.5, 0.6) is 0 Å². The molecule has 0 amide bonds. The highest BCUT2D eigenvalue weighted by atomic mass is 32.1. The first kappa shape index (κ1) is 10.7. The lowest BCUT2D eigenvalue weighted by molar-refractivity contribution is 0.418. The molecule has 0 nitrogen and oxygen atoms in total. The van der Waals surface area contributed by atoms with Crippen molar-refractivity contribution in [3.63, 3.8) is 0 Å². The lowest BCUT2D eigenvalue weighted by Crippen LogP contribution is -2.06. The van der Waals surface area contributed by atoms with Gasteiger partial charge in [-0.15, -0.1) is 11.3 Å². The van der Waals surface area contributed by atoms with Gasteiger partial charge in [0.15, 0.2) is 0 Å². The van der Waals surface area contributed by atoms with Gasteiger partial charge in [-0.3, -0.25) is 0 Å². The molecule has 0 fully saturated rings. The largest absolute Gasteiger partial charge is 0.144 e. The van der Waals surface area contributed by atoms with E-state index in [4.69, 9.17) is 0 Å². The Balaban J connectivity index is 2.29. The zero-order valence-electron chi connectivity index (χ0n) is 9.66. The van der Waals surface area contributed by atoms with Crippen LogP contribution in [0.25, 0.3) is 10.1 Å². The molecule has 0 aliphatic carbocycles. The van der Waals surface area contributed by atoms with Crippen molar-refractivity contribution >= 4 is 21.4 Å². The van der Waals surface area contributed by atoms with E-state index in [1.165, 1.54) is 22.1 Å². The summed E-state index contributed by atoms with van der Waals surface area (Å²) in [4.78, 5) is 0. The average molecular weight is 218 g/mol. The van der Waals surface area contributed by atoms with E-state index in [1.807, 2.05) is 11.3 Å². The predicted molar refractivity (Wildman–Crippen MR) is 69.5 cm³/mol. The van der Waals surface area contributed by atoms with E-state index < -0.39 is 0 Å². The van der Waals surface area contributed by atoms with Crippen LogP contribution >= 0.6 is 11.3 Å². The Bertz CT molecular complexity index is 439. The minimum Gasteiger partial charge on any atom is -0.144 e. The Morgan fingerprint density at radius 1 is 1.13 bits per heavy atom. The van der Waals surface area contributed by atoms with Crippen molar-refractivity contribution in [2.24, 2.45) is 11.8 Å². The summed E-state index contributed by atoms with van der Waals surface area (Å²) in [5.41, 5.74) is 1.52. The summed E-state index contributed by atoms with van der Waals surface area (Å²) in [6.45, 7) is 6.95. The van der Waals surface area contributed by atoms with Crippen LogP contribution in [0, 0.1) is 11.8 Å². The Morgan fingerprint density at radius 3 is 2.60 bits per heavy atom. The van der Waals surface area contributed by atoms with E-state index >= 15 is 0 Å². The normalized spacial score (nSPS) is 13.6. The second-order valence-electron chi connectivity index (χ2n) is 4.68. The number of thiophene rings is 1. The third-order valence-corrected chi connectivity index (χ3v) is 4.25. The van der Waals surface area contributed by atoms with E-state index in [0.29, 0.717) is 0 Å². The molecule has 0 saturated carbocycles. The summed E-state index contributed by atoms with van der Waals surface area (Å²) in [6.07, 6.45) is 1.21.